The molecule has 0 rings (SSSR count). The van der Waals surface area contributed by atoms with E-state index >= 15 is 0 Å². The highest BCUT2D eigenvalue weighted by Crippen LogP contribution is 2.43. The van der Waals surface area contributed by atoms with Crippen LogP contribution in [0.1, 0.15) is 361 Å². The van der Waals surface area contributed by atoms with E-state index in [0.717, 1.165) is 38.5 Å². The van der Waals surface area contributed by atoms with Gasteiger partial charge in [0.1, 0.15) is 13.2 Å². The van der Waals surface area contributed by atoms with Crippen molar-refractivity contribution in [2.75, 3.05) is 40.9 Å². The first-order valence-electron chi connectivity index (χ1n) is 33.4. The van der Waals surface area contributed by atoms with E-state index in [9.17, 15) is 19.4 Å². The summed E-state index contributed by atoms with van der Waals surface area (Å²) in [6.45, 7) is 4.95. The molecule has 0 fully saturated rings. The monoisotopic (exact) mass is 1070 g/mol. The SMILES string of the molecule is CCCCCCCCCCCCCCCCCCCCCCCCCCCCCCCCCCCCCC(=O)N[C@@H](COP(=O)(O)OCC[N+](C)(C)C)[C@H](O)CCCCCCCCCCCCCCCCCCC. The van der Waals surface area contributed by atoms with Crippen LogP contribution < -0.4 is 5.32 Å². The Kier molecular flexibility index (Phi) is 56.8. The van der Waals surface area contributed by atoms with Gasteiger partial charge in [0.05, 0.1) is 39.9 Å². The van der Waals surface area contributed by atoms with Crippen LogP contribution in [0.15, 0.2) is 0 Å². The van der Waals surface area contributed by atoms with Crippen molar-refractivity contribution in [1.29, 1.82) is 0 Å². The Hall–Kier alpha value is -0.500. The standard InChI is InChI=1S/C65H133N2O6P/c1-6-8-10-12-14-16-18-20-22-24-25-26-27-28-29-30-31-32-33-34-35-36-37-38-39-40-41-43-45-47-49-51-53-55-57-59-65(69)66-63(62-73-74(70,71)72-61-60-67(3,4)5)64(68)58-56-54-52-50-48-46-44-42-23-21-19-17-15-13-11-9-7-2/h63-64,68H,6-62H2,1-5H3,(H-,66,69,70,71)/p+1/t63-,64+/m0/s1. The van der Waals surface area contributed by atoms with Gasteiger partial charge in [0.25, 0.3) is 0 Å². The van der Waals surface area contributed by atoms with Crippen LogP contribution >= 0.6 is 7.82 Å². The smallest absolute Gasteiger partial charge is 0.391 e. The van der Waals surface area contributed by atoms with E-state index in [1.54, 1.807) is 0 Å². The molecule has 0 bridgehead atoms. The molecule has 444 valence electrons. The molecule has 8 nitrogen and oxygen atoms in total. The fourth-order valence-corrected chi connectivity index (χ4v) is 11.4. The van der Waals surface area contributed by atoms with Gasteiger partial charge in [-0.3, -0.25) is 13.8 Å². The number of quaternary nitrogens is 1. The van der Waals surface area contributed by atoms with E-state index in [1.165, 1.54) is 295 Å². The summed E-state index contributed by atoms with van der Waals surface area (Å²) in [4.78, 5) is 23.4. The first kappa shape index (κ1) is 73.5. The number of carbonyl (C=O) groups is 1. The lowest BCUT2D eigenvalue weighted by molar-refractivity contribution is -0.870. The number of hydrogen-bond acceptors (Lipinski definition) is 5. The van der Waals surface area contributed by atoms with Gasteiger partial charge in [0, 0.05) is 6.42 Å². The average molecular weight is 1070 g/mol. The van der Waals surface area contributed by atoms with Crippen LogP contribution in [-0.4, -0.2) is 73.4 Å². The average Bonchev–Trinajstić information content (AvgIpc) is 3.36. The van der Waals surface area contributed by atoms with Crippen LogP contribution in [-0.2, 0) is 18.4 Å². The fraction of sp³-hybridized carbons (Fsp3) is 0.985. The van der Waals surface area contributed by atoms with Crippen molar-refractivity contribution in [3.63, 3.8) is 0 Å². The van der Waals surface area contributed by atoms with Crippen molar-refractivity contribution in [2.24, 2.45) is 0 Å². The molecule has 0 saturated carbocycles. The minimum atomic E-state index is -4.32. The van der Waals surface area contributed by atoms with Crippen molar-refractivity contribution in [2.45, 2.75) is 373 Å². The van der Waals surface area contributed by atoms with E-state index in [0.29, 0.717) is 23.9 Å². The number of aliphatic hydroxyl groups excluding tert-OH is 1. The molecule has 3 N–H and O–H groups in total. The van der Waals surface area contributed by atoms with Gasteiger partial charge in [-0.2, -0.15) is 0 Å². The number of rotatable bonds is 63. The first-order chi connectivity index (χ1) is 36.0. The maximum absolute atomic E-state index is 13.0. The summed E-state index contributed by atoms with van der Waals surface area (Å²) in [6, 6.07) is -0.756. The number of aliphatic hydroxyl groups is 1. The van der Waals surface area contributed by atoms with Crippen molar-refractivity contribution >= 4 is 13.7 Å². The highest BCUT2D eigenvalue weighted by atomic mass is 31.2. The quantitative estimate of drug-likeness (QED) is 0.0318. The minimum absolute atomic E-state index is 0.0792. The molecule has 0 aliphatic carbocycles. The molecular weight excluding hydrogens is 936 g/mol. The number of likely N-dealkylation sites (N-methyl/N-ethyl adjacent to an activating group) is 1. The highest BCUT2D eigenvalue weighted by molar-refractivity contribution is 7.47. The molecule has 0 aliphatic heterocycles. The summed E-state index contributed by atoms with van der Waals surface area (Å²) in [5.74, 6) is -0.134. The zero-order chi connectivity index (χ0) is 54.2. The molecule has 3 atom stereocenters. The Morgan fingerprint density at radius 2 is 0.649 bits per heavy atom. The lowest BCUT2D eigenvalue weighted by Gasteiger charge is -2.26. The van der Waals surface area contributed by atoms with Crippen LogP contribution in [0.5, 0.6) is 0 Å². The Morgan fingerprint density at radius 3 is 0.905 bits per heavy atom. The van der Waals surface area contributed by atoms with Crippen LogP contribution in [0.25, 0.3) is 0 Å². The van der Waals surface area contributed by atoms with Crippen LogP contribution in [0.2, 0.25) is 0 Å². The molecule has 0 aromatic heterocycles. The number of amides is 1. The molecule has 9 heteroatoms. The zero-order valence-corrected chi connectivity index (χ0v) is 51.8. The molecule has 0 aromatic carbocycles. The number of nitrogens with one attached hydrogen (secondary N) is 1. The molecule has 0 aromatic rings. The lowest BCUT2D eigenvalue weighted by atomic mass is 10.0. The predicted molar refractivity (Wildman–Crippen MR) is 323 cm³/mol. The summed E-state index contributed by atoms with van der Waals surface area (Å²) < 4.78 is 23.8. The molecule has 74 heavy (non-hydrogen) atoms. The molecule has 0 saturated heterocycles. The van der Waals surface area contributed by atoms with E-state index in [2.05, 4.69) is 19.2 Å². The van der Waals surface area contributed by atoms with E-state index < -0.39 is 20.0 Å². The van der Waals surface area contributed by atoms with Gasteiger partial charge in [-0.1, -0.05) is 341 Å². The Morgan fingerprint density at radius 1 is 0.405 bits per heavy atom. The predicted octanol–water partition coefficient (Wildman–Crippen LogP) is 20.8. The van der Waals surface area contributed by atoms with Gasteiger partial charge < -0.3 is 19.8 Å². The molecule has 0 radical (unpaired) electrons. The van der Waals surface area contributed by atoms with Crippen molar-refractivity contribution in [1.82, 2.24) is 5.32 Å². The molecule has 1 amide bonds. The third-order valence-electron chi connectivity index (χ3n) is 15.9. The lowest BCUT2D eigenvalue weighted by Crippen LogP contribution is -2.46. The largest absolute Gasteiger partial charge is 0.472 e. The van der Waals surface area contributed by atoms with Gasteiger partial charge in [-0.25, -0.2) is 4.57 Å². The maximum atomic E-state index is 13.0. The van der Waals surface area contributed by atoms with Gasteiger partial charge in [-0.05, 0) is 12.8 Å². The summed E-state index contributed by atoms with van der Waals surface area (Å²) in [5, 5.41) is 14.1. The molecular formula is C65H134N2O6P+. The second kappa shape index (κ2) is 57.2. The number of phosphoric acid groups is 1. The van der Waals surface area contributed by atoms with Gasteiger partial charge >= 0.3 is 7.82 Å². The third kappa shape index (κ3) is 59.2. The van der Waals surface area contributed by atoms with Crippen molar-refractivity contribution < 1.29 is 32.9 Å². The highest BCUT2D eigenvalue weighted by Gasteiger charge is 2.28. The van der Waals surface area contributed by atoms with Gasteiger partial charge in [0.2, 0.25) is 5.91 Å². The second-order valence-electron chi connectivity index (χ2n) is 24.6. The minimum Gasteiger partial charge on any atom is -0.391 e. The topological polar surface area (TPSA) is 105 Å². The Balaban J connectivity index is 3.90. The van der Waals surface area contributed by atoms with Crippen molar-refractivity contribution in [3.05, 3.63) is 0 Å². The van der Waals surface area contributed by atoms with E-state index in [4.69, 9.17) is 9.05 Å². The van der Waals surface area contributed by atoms with Crippen molar-refractivity contribution in [3.8, 4) is 0 Å². The molecule has 0 heterocycles. The number of carbonyl (C=O) groups excluding carboxylic acids is 1. The summed E-state index contributed by atoms with van der Waals surface area (Å²) in [6.07, 6.45) is 70.6. The third-order valence-corrected chi connectivity index (χ3v) is 16.8. The normalized spacial score (nSPS) is 13.7. The molecule has 0 spiro atoms. The van der Waals surface area contributed by atoms with Crippen LogP contribution in [0.3, 0.4) is 0 Å². The van der Waals surface area contributed by atoms with Crippen LogP contribution in [0.4, 0.5) is 0 Å². The Bertz CT molecular complexity index is 1170. The summed E-state index contributed by atoms with van der Waals surface area (Å²) >= 11 is 0. The number of phosphoric ester groups is 1. The zero-order valence-electron chi connectivity index (χ0n) is 50.9. The number of hydrogen-bond donors (Lipinski definition) is 3. The maximum Gasteiger partial charge on any atom is 0.472 e. The Labute approximate surface area is 463 Å². The fourth-order valence-electron chi connectivity index (χ4n) is 10.6. The van der Waals surface area contributed by atoms with Crippen LogP contribution in [0, 0.1) is 0 Å². The number of nitrogens with zero attached hydrogens (tertiary/aromatic N) is 1. The molecule has 0 aliphatic rings. The second-order valence-corrected chi connectivity index (χ2v) is 26.0. The van der Waals surface area contributed by atoms with Gasteiger partial charge in [0.15, 0.2) is 0 Å². The number of unbranched alkanes of at least 4 members (excludes halogenated alkanes) is 50. The first-order valence-corrected chi connectivity index (χ1v) is 34.9. The summed E-state index contributed by atoms with van der Waals surface area (Å²) in [5.41, 5.74) is 0. The van der Waals surface area contributed by atoms with E-state index in [-0.39, 0.29) is 19.1 Å². The van der Waals surface area contributed by atoms with Gasteiger partial charge in [-0.15, -0.1) is 0 Å². The molecule has 1 unspecified atom stereocenters. The van der Waals surface area contributed by atoms with E-state index in [1.807, 2.05) is 21.1 Å². The summed E-state index contributed by atoms with van der Waals surface area (Å²) in [7, 11) is 1.64.